The molecule has 0 amide bonds. The third-order valence-electron chi connectivity index (χ3n) is 1.69. The van der Waals surface area contributed by atoms with E-state index in [1.54, 1.807) is 0 Å². The topological polar surface area (TPSA) is 9.23 Å². The smallest absolute Gasteiger partial charge is 0.323 e. The zero-order valence-electron chi connectivity index (χ0n) is 5.84. The summed E-state index contributed by atoms with van der Waals surface area (Å²) >= 11 is 0. The Morgan fingerprint density at radius 2 is 1.31 bits per heavy atom. The van der Waals surface area contributed by atoms with Crippen LogP contribution in [-0.2, 0) is 4.74 Å². The first kappa shape index (κ1) is 10.6. The summed E-state index contributed by atoms with van der Waals surface area (Å²) in [5, 5.41) is 0. The highest BCUT2D eigenvalue weighted by Gasteiger charge is 2.78. The van der Waals surface area contributed by atoms with E-state index in [1.807, 2.05) is 0 Å². The van der Waals surface area contributed by atoms with Gasteiger partial charge in [0.25, 0.3) is 5.60 Å². The molecule has 1 atom stereocenters. The van der Waals surface area contributed by atoms with Gasteiger partial charge < -0.3 is 4.74 Å². The minimum Gasteiger partial charge on any atom is -0.323 e. The molecule has 0 N–H and O–H groups in total. The van der Waals surface area contributed by atoms with Crippen molar-refractivity contribution in [1.82, 2.24) is 0 Å². The molecular weight excluding hydrogens is 209 g/mol. The van der Waals surface area contributed by atoms with Crippen molar-refractivity contribution in [3.63, 3.8) is 0 Å². The molecule has 1 saturated heterocycles. The zero-order valence-corrected chi connectivity index (χ0v) is 5.84. The van der Waals surface area contributed by atoms with Gasteiger partial charge in [0, 0.05) is 0 Å². The van der Waals surface area contributed by atoms with Crippen molar-refractivity contribution in [2.45, 2.75) is 30.7 Å². The Balaban J connectivity index is 2.93. The lowest BCUT2D eigenvalue weighted by atomic mass is 9.92. The van der Waals surface area contributed by atoms with Crippen molar-refractivity contribution in [2.24, 2.45) is 0 Å². The maximum atomic E-state index is 11.9. The highest BCUT2D eigenvalue weighted by molar-refractivity contribution is 5.02. The van der Waals surface area contributed by atoms with Gasteiger partial charge in [0.05, 0.1) is 6.42 Å². The summed E-state index contributed by atoms with van der Waals surface area (Å²) in [6.07, 6.45) is -15.5. The Bertz CT molecular complexity index is 182. The maximum Gasteiger partial charge on any atom is 0.426 e. The van der Waals surface area contributed by atoms with Gasteiger partial charge in [-0.05, 0) is 0 Å². The Morgan fingerprint density at radius 1 is 1.00 bits per heavy atom. The van der Waals surface area contributed by atoms with Crippen molar-refractivity contribution in [3.05, 3.63) is 0 Å². The standard InChI is InChI=1S/C5H3F7O/c6-2-1-3(13-2,4(7,8)9)5(10,11)12/h2H,1H2/t2-/m0/s1. The third kappa shape index (κ3) is 1.36. The number of ether oxygens (including phenoxy) is 1. The predicted octanol–water partition coefficient (Wildman–Crippen LogP) is 2.57. The fraction of sp³-hybridized carbons (Fsp3) is 1.00. The second-order valence-electron chi connectivity index (χ2n) is 2.55. The molecule has 1 aliphatic heterocycles. The lowest BCUT2D eigenvalue weighted by molar-refractivity contribution is -0.454. The first-order valence-corrected chi connectivity index (χ1v) is 3.05. The second-order valence-corrected chi connectivity index (χ2v) is 2.55. The summed E-state index contributed by atoms with van der Waals surface area (Å²) in [6, 6.07) is 0. The van der Waals surface area contributed by atoms with E-state index in [0.29, 0.717) is 0 Å². The van der Waals surface area contributed by atoms with Crippen LogP contribution in [0.1, 0.15) is 6.42 Å². The summed E-state index contributed by atoms with van der Waals surface area (Å²) in [7, 11) is 0. The molecule has 1 nitrogen and oxygen atoms in total. The van der Waals surface area contributed by atoms with Gasteiger partial charge in [-0.15, -0.1) is 0 Å². The van der Waals surface area contributed by atoms with Gasteiger partial charge in [0.1, 0.15) is 0 Å². The molecule has 0 spiro atoms. The predicted molar refractivity (Wildman–Crippen MR) is 25.4 cm³/mol. The molecule has 1 aliphatic rings. The van der Waals surface area contributed by atoms with Gasteiger partial charge in [-0.2, -0.15) is 26.3 Å². The maximum absolute atomic E-state index is 11.9. The van der Waals surface area contributed by atoms with E-state index in [9.17, 15) is 30.7 Å². The summed E-state index contributed by atoms with van der Waals surface area (Å²) in [5.41, 5.74) is -4.31. The number of hydrogen-bond acceptors (Lipinski definition) is 1. The summed E-state index contributed by atoms with van der Waals surface area (Å²) in [4.78, 5) is 0. The van der Waals surface area contributed by atoms with Crippen molar-refractivity contribution < 1.29 is 35.5 Å². The van der Waals surface area contributed by atoms with Crippen LogP contribution in [0, 0.1) is 0 Å². The number of rotatable bonds is 0. The molecule has 1 rings (SSSR count). The molecule has 0 saturated carbocycles. The van der Waals surface area contributed by atoms with E-state index in [4.69, 9.17) is 0 Å². The summed E-state index contributed by atoms with van der Waals surface area (Å²) < 4.78 is 85.9. The molecule has 0 radical (unpaired) electrons. The number of halogens is 7. The first-order chi connectivity index (χ1) is 5.60. The van der Waals surface area contributed by atoms with Gasteiger partial charge in [0.2, 0.25) is 6.36 Å². The SMILES string of the molecule is F[C@@H]1CC(C(F)(F)F)(C(F)(F)F)O1. The van der Waals surface area contributed by atoms with E-state index >= 15 is 0 Å². The van der Waals surface area contributed by atoms with Crippen LogP contribution in [0.25, 0.3) is 0 Å². The zero-order chi connectivity index (χ0) is 10.5. The Hall–Kier alpha value is -0.530. The molecular formula is C5H3F7O. The molecule has 78 valence electrons. The molecule has 13 heavy (non-hydrogen) atoms. The molecule has 8 heteroatoms. The van der Waals surface area contributed by atoms with Crippen LogP contribution in [0.4, 0.5) is 30.7 Å². The summed E-state index contributed by atoms with van der Waals surface area (Å²) in [5.74, 6) is 0. The van der Waals surface area contributed by atoms with Crippen LogP contribution >= 0.6 is 0 Å². The Labute approximate surface area is 67.5 Å². The lowest BCUT2D eigenvalue weighted by Gasteiger charge is -2.45. The number of hydrogen-bond donors (Lipinski definition) is 0. The fourth-order valence-corrected chi connectivity index (χ4v) is 0.960. The van der Waals surface area contributed by atoms with Crippen LogP contribution in [0.15, 0.2) is 0 Å². The lowest BCUT2D eigenvalue weighted by Crippen LogP contribution is -2.67. The van der Waals surface area contributed by atoms with E-state index in [2.05, 4.69) is 4.74 Å². The van der Waals surface area contributed by atoms with Crippen molar-refractivity contribution >= 4 is 0 Å². The van der Waals surface area contributed by atoms with Crippen LogP contribution in [0.2, 0.25) is 0 Å². The van der Waals surface area contributed by atoms with Crippen molar-refractivity contribution in [2.75, 3.05) is 0 Å². The molecule has 1 heterocycles. The Kier molecular flexibility index (Phi) is 2.02. The van der Waals surface area contributed by atoms with Crippen molar-refractivity contribution in [3.8, 4) is 0 Å². The first-order valence-electron chi connectivity index (χ1n) is 3.05. The van der Waals surface area contributed by atoms with Crippen LogP contribution in [-0.4, -0.2) is 24.3 Å². The highest BCUT2D eigenvalue weighted by atomic mass is 19.4. The second kappa shape index (κ2) is 2.49. The molecule has 0 aromatic rings. The van der Waals surface area contributed by atoms with E-state index in [1.165, 1.54) is 0 Å². The van der Waals surface area contributed by atoms with Crippen LogP contribution in [0.3, 0.4) is 0 Å². The molecule has 0 aromatic heterocycles. The van der Waals surface area contributed by atoms with Gasteiger partial charge in [-0.1, -0.05) is 0 Å². The molecule has 1 fully saturated rings. The van der Waals surface area contributed by atoms with E-state index in [0.717, 1.165) is 0 Å². The fourth-order valence-electron chi connectivity index (χ4n) is 0.960. The monoisotopic (exact) mass is 212 g/mol. The minimum atomic E-state index is -5.63. The van der Waals surface area contributed by atoms with Gasteiger partial charge in [0.15, 0.2) is 0 Å². The highest BCUT2D eigenvalue weighted by Crippen LogP contribution is 2.55. The third-order valence-corrected chi connectivity index (χ3v) is 1.69. The van der Waals surface area contributed by atoms with Gasteiger partial charge >= 0.3 is 12.4 Å². The van der Waals surface area contributed by atoms with Crippen LogP contribution < -0.4 is 0 Å². The normalized spacial score (nSPS) is 28.4. The van der Waals surface area contributed by atoms with Crippen molar-refractivity contribution in [1.29, 1.82) is 0 Å². The molecule has 0 unspecified atom stereocenters. The average Bonchev–Trinajstić information content (AvgIpc) is 1.74. The Morgan fingerprint density at radius 3 is 1.38 bits per heavy atom. The minimum absolute atomic E-state index is 1.72. The number of alkyl halides is 7. The molecule has 0 bridgehead atoms. The van der Waals surface area contributed by atoms with Gasteiger partial charge in [-0.3, -0.25) is 0 Å². The van der Waals surface area contributed by atoms with Crippen LogP contribution in [0.5, 0.6) is 0 Å². The summed E-state index contributed by atoms with van der Waals surface area (Å²) in [6.45, 7) is 0. The van der Waals surface area contributed by atoms with E-state index < -0.39 is 30.7 Å². The largest absolute Gasteiger partial charge is 0.426 e. The van der Waals surface area contributed by atoms with E-state index in [-0.39, 0.29) is 0 Å². The quantitative estimate of drug-likeness (QED) is 0.560. The molecule has 0 aromatic carbocycles. The van der Waals surface area contributed by atoms with Gasteiger partial charge in [-0.25, -0.2) is 4.39 Å². The average molecular weight is 212 g/mol. The molecule has 0 aliphatic carbocycles.